The van der Waals surface area contributed by atoms with Crippen LogP contribution in [0.4, 0.5) is 14.5 Å². The van der Waals surface area contributed by atoms with E-state index in [2.05, 4.69) is 4.99 Å². The first-order chi connectivity index (χ1) is 6.02. The van der Waals surface area contributed by atoms with Crippen LogP contribution in [0.1, 0.15) is 5.56 Å². The Balaban J connectivity index is 3.34. The molecule has 0 aliphatic rings. The number of nitrogens with two attached hydrogens (primary N) is 2. The van der Waals surface area contributed by atoms with Crippen LogP contribution in [-0.4, -0.2) is 5.96 Å². The van der Waals surface area contributed by atoms with Gasteiger partial charge in [-0.3, -0.25) is 0 Å². The lowest BCUT2D eigenvalue weighted by atomic mass is 10.2. The van der Waals surface area contributed by atoms with Gasteiger partial charge in [-0.05, 0) is 18.6 Å². The number of aryl methyl sites for hydroxylation is 1. The molecule has 0 aliphatic carbocycles. The lowest BCUT2D eigenvalue weighted by Gasteiger charge is -2.01. The fraction of sp³-hybridized carbons (Fsp3) is 0.125. The maximum Gasteiger partial charge on any atom is 0.191 e. The van der Waals surface area contributed by atoms with E-state index in [1.807, 2.05) is 0 Å². The van der Waals surface area contributed by atoms with Gasteiger partial charge in [-0.25, -0.2) is 13.8 Å². The van der Waals surface area contributed by atoms with Gasteiger partial charge in [0.1, 0.15) is 5.69 Å². The fourth-order valence-corrected chi connectivity index (χ4v) is 0.873. The SMILES string of the molecule is Cc1ccc(F)c(N=C(N)N)c1F. The molecule has 1 aromatic rings. The minimum atomic E-state index is -0.781. The van der Waals surface area contributed by atoms with Gasteiger partial charge in [0.15, 0.2) is 17.6 Å². The Kier molecular flexibility index (Phi) is 2.46. The van der Waals surface area contributed by atoms with Gasteiger partial charge in [0.25, 0.3) is 0 Å². The molecule has 3 nitrogen and oxygen atoms in total. The lowest BCUT2D eigenvalue weighted by molar-refractivity contribution is 0.581. The van der Waals surface area contributed by atoms with Gasteiger partial charge in [0, 0.05) is 0 Å². The number of rotatable bonds is 1. The smallest absolute Gasteiger partial charge is 0.191 e. The van der Waals surface area contributed by atoms with E-state index >= 15 is 0 Å². The zero-order valence-corrected chi connectivity index (χ0v) is 7.01. The third kappa shape index (κ3) is 1.93. The second kappa shape index (κ2) is 3.38. The van der Waals surface area contributed by atoms with Crippen LogP contribution in [0.3, 0.4) is 0 Å². The van der Waals surface area contributed by atoms with Gasteiger partial charge in [0.05, 0.1) is 0 Å². The summed E-state index contributed by atoms with van der Waals surface area (Å²) in [6, 6.07) is 2.43. The highest BCUT2D eigenvalue weighted by atomic mass is 19.1. The average Bonchev–Trinajstić information content (AvgIpc) is 2.05. The molecule has 4 N–H and O–H groups in total. The highest BCUT2D eigenvalue weighted by molar-refractivity contribution is 5.79. The number of guanidine groups is 1. The second-order valence-corrected chi connectivity index (χ2v) is 2.56. The van der Waals surface area contributed by atoms with Gasteiger partial charge in [-0.15, -0.1) is 0 Å². The topological polar surface area (TPSA) is 64.4 Å². The van der Waals surface area contributed by atoms with Crippen molar-refractivity contribution in [2.75, 3.05) is 0 Å². The molecule has 5 heteroatoms. The summed E-state index contributed by atoms with van der Waals surface area (Å²) in [7, 11) is 0. The summed E-state index contributed by atoms with van der Waals surface area (Å²) in [5.74, 6) is -1.90. The highest BCUT2D eigenvalue weighted by Gasteiger charge is 2.10. The van der Waals surface area contributed by atoms with Gasteiger partial charge >= 0.3 is 0 Å². The van der Waals surface area contributed by atoms with Crippen LogP contribution in [0.2, 0.25) is 0 Å². The van der Waals surface area contributed by atoms with Crippen molar-refractivity contribution in [3.63, 3.8) is 0 Å². The standard InChI is InChI=1S/C8H9F2N3/c1-4-2-3-5(9)7(6(4)10)13-8(11)12/h2-3H,1H3,(H4,11,12,13). The van der Waals surface area contributed by atoms with Crippen LogP contribution in [0.5, 0.6) is 0 Å². The molecule has 1 aromatic carbocycles. The largest absolute Gasteiger partial charge is 0.370 e. The zero-order valence-electron chi connectivity index (χ0n) is 7.01. The fourth-order valence-electron chi connectivity index (χ4n) is 0.873. The number of hydrogen-bond acceptors (Lipinski definition) is 1. The maximum atomic E-state index is 13.2. The molecule has 0 unspecified atom stereocenters. The third-order valence-corrected chi connectivity index (χ3v) is 1.50. The van der Waals surface area contributed by atoms with Gasteiger partial charge in [-0.2, -0.15) is 0 Å². The normalized spacial score (nSPS) is 9.77. The molecule has 0 saturated carbocycles. The number of benzene rings is 1. The van der Waals surface area contributed by atoms with E-state index in [4.69, 9.17) is 11.5 Å². The molecule has 0 aromatic heterocycles. The van der Waals surface area contributed by atoms with Gasteiger partial charge in [0.2, 0.25) is 0 Å². The molecule has 70 valence electrons. The van der Waals surface area contributed by atoms with E-state index in [1.54, 1.807) is 0 Å². The first-order valence-corrected chi connectivity index (χ1v) is 3.56. The van der Waals surface area contributed by atoms with Crippen LogP contribution >= 0.6 is 0 Å². The summed E-state index contributed by atoms with van der Waals surface area (Å²) in [4.78, 5) is 3.34. The van der Waals surface area contributed by atoms with Crippen molar-refractivity contribution < 1.29 is 8.78 Å². The molecule has 0 radical (unpaired) electrons. The Morgan fingerprint density at radius 1 is 1.31 bits per heavy atom. The molecule has 0 fully saturated rings. The van der Waals surface area contributed by atoms with Crippen molar-refractivity contribution in [1.29, 1.82) is 0 Å². The molecule has 0 heterocycles. The minimum absolute atomic E-state index is 0.293. The summed E-state index contributed by atoms with van der Waals surface area (Å²) < 4.78 is 26.1. The van der Waals surface area contributed by atoms with Gasteiger partial charge in [-0.1, -0.05) is 6.07 Å². The van der Waals surface area contributed by atoms with Crippen molar-refractivity contribution in [2.45, 2.75) is 6.92 Å². The third-order valence-electron chi connectivity index (χ3n) is 1.50. The Labute approximate surface area is 74.1 Å². The van der Waals surface area contributed by atoms with Crippen molar-refractivity contribution in [2.24, 2.45) is 16.5 Å². The predicted molar refractivity (Wildman–Crippen MR) is 46.6 cm³/mol. The molecule has 0 aliphatic heterocycles. The van der Waals surface area contributed by atoms with Crippen LogP contribution in [0, 0.1) is 18.6 Å². The number of nitrogens with zero attached hydrogens (tertiary/aromatic N) is 1. The van der Waals surface area contributed by atoms with E-state index in [1.165, 1.54) is 13.0 Å². The Bertz CT molecular complexity index is 357. The maximum absolute atomic E-state index is 13.2. The summed E-state index contributed by atoms with van der Waals surface area (Å²) >= 11 is 0. The number of aliphatic imine (C=N–C) groups is 1. The molecule has 0 spiro atoms. The Morgan fingerprint density at radius 2 is 1.92 bits per heavy atom. The van der Waals surface area contributed by atoms with Crippen molar-refractivity contribution >= 4 is 11.6 Å². The van der Waals surface area contributed by atoms with Crippen LogP contribution < -0.4 is 11.5 Å². The van der Waals surface area contributed by atoms with Crippen molar-refractivity contribution in [1.82, 2.24) is 0 Å². The molecule has 0 atom stereocenters. The Hall–Kier alpha value is -1.65. The van der Waals surface area contributed by atoms with E-state index < -0.39 is 17.3 Å². The van der Waals surface area contributed by atoms with Crippen molar-refractivity contribution in [3.8, 4) is 0 Å². The lowest BCUT2D eigenvalue weighted by Crippen LogP contribution is -2.22. The first kappa shape index (κ1) is 9.44. The summed E-state index contributed by atoms with van der Waals surface area (Å²) in [6.07, 6.45) is 0. The molecule has 13 heavy (non-hydrogen) atoms. The molecule has 0 bridgehead atoms. The van der Waals surface area contributed by atoms with Gasteiger partial charge < -0.3 is 11.5 Å². The van der Waals surface area contributed by atoms with E-state index in [0.29, 0.717) is 5.56 Å². The summed E-state index contributed by atoms with van der Waals surface area (Å²) in [5, 5.41) is 0. The van der Waals surface area contributed by atoms with Crippen LogP contribution in [0.15, 0.2) is 17.1 Å². The number of halogens is 2. The minimum Gasteiger partial charge on any atom is -0.370 e. The van der Waals surface area contributed by atoms with E-state index in [9.17, 15) is 8.78 Å². The molecule has 1 rings (SSSR count). The van der Waals surface area contributed by atoms with Crippen LogP contribution in [0.25, 0.3) is 0 Å². The summed E-state index contributed by atoms with van der Waals surface area (Å²) in [5.41, 5.74) is 9.86. The second-order valence-electron chi connectivity index (χ2n) is 2.56. The molecule has 0 amide bonds. The molecule has 0 saturated heterocycles. The molecular weight excluding hydrogens is 176 g/mol. The quantitative estimate of drug-likeness (QED) is 0.509. The summed E-state index contributed by atoms with van der Waals surface area (Å²) in [6.45, 7) is 1.50. The first-order valence-electron chi connectivity index (χ1n) is 3.56. The average molecular weight is 185 g/mol. The van der Waals surface area contributed by atoms with E-state index in [0.717, 1.165) is 6.07 Å². The molecular formula is C8H9F2N3. The zero-order chi connectivity index (χ0) is 10.0. The van der Waals surface area contributed by atoms with Crippen LogP contribution in [-0.2, 0) is 0 Å². The van der Waals surface area contributed by atoms with E-state index in [-0.39, 0.29) is 5.96 Å². The number of hydrogen-bond donors (Lipinski definition) is 2. The van der Waals surface area contributed by atoms with Crippen molar-refractivity contribution in [3.05, 3.63) is 29.3 Å². The highest BCUT2D eigenvalue weighted by Crippen LogP contribution is 2.24. The predicted octanol–water partition coefficient (Wildman–Crippen LogP) is 1.18. The monoisotopic (exact) mass is 185 g/mol. The Morgan fingerprint density at radius 3 is 2.46 bits per heavy atom.